The number of benzene rings is 1. The summed E-state index contributed by atoms with van der Waals surface area (Å²) in [7, 11) is 0. The van der Waals surface area contributed by atoms with E-state index in [0.29, 0.717) is 10.0 Å². The Hall–Kier alpha value is -0.460. The van der Waals surface area contributed by atoms with E-state index >= 15 is 0 Å². The fourth-order valence-electron chi connectivity index (χ4n) is 0.999. The maximum Gasteiger partial charge on any atom is 0.0630 e. The number of hydrogen-bond donors (Lipinski definition) is 0. The molecule has 1 rings (SSSR count). The van der Waals surface area contributed by atoms with Crippen LogP contribution in [0.15, 0.2) is 30.9 Å². The van der Waals surface area contributed by atoms with Gasteiger partial charge in [0.05, 0.1) is 10.0 Å². The standard InChI is InChI=1S/C10H10Cl2/c1-3-7(2)8-5-4-6-9(11)10(8)12/h3-7H,1H2,2H3. The lowest BCUT2D eigenvalue weighted by Gasteiger charge is -2.09. The van der Waals surface area contributed by atoms with Crippen LogP contribution in [0.2, 0.25) is 10.0 Å². The average Bonchev–Trinajstić information content (AvgIpc) is 2.08. The van der Waals surface area contributed by atoms with Crippen molar-refractivity contribution in [3.8, 4) is 0 Å². The molecule has 0 bridgehead atoms. The van der Waals surface area contributed by atoms with E-state index in [2.05, 4.69) is 6.58 Å². The van der Waals surface area contributed by atoms with Crippen LogP contribution in [0.25, 0.3) is 0 Å². The smallest absolute Gasteiger partial charge is 0.0630 e. The van der Waals surface area contributed by atoms with Crippen LogP contribution in [0, 0.1) is 0 Å². The average molecular weight is 201 g/mol. The van der Waals surface area contributed by atoms with Crippen molar-refractivity contribution in [2.45, 2.75) is 12.8 Å². The van der Waals surface area contributed by atoms with Crippen molar-refractivity contribution in [2.75, 3.05) is 0 Å². The zero-order chi connectivity index (χ0) is 9.14. The van der Waals surface area contributed by atoms with Gasteiger partial charge in [-0.05, 0) is 11.6 Å². The summed E-state index contributed by atoms with van der Waals surface area (Å²) >= 11 is 11.8. The van der Waals surface area contributed by atoms with Gasteiger partial charge in [0.15, 0.2) is 0 Å². The van der Waals surface area contributed by atoms with E-state index in [4.69, 9.17) is 23.2 Å². The number of allylic oxidation sites excluding steroid dienone is 1. The third-order valence-electron chi connectivity index (χ3n) is 1.83. The highest BCUT2D eigenvalue weighted by molar-refractivity contribution is 6.42. The second kappa shape index (κ2) is 3.97. The van der Waals surface area contributed by atoms with Crippen LogP contribution in [-0.2, 0) is 0 Å². The van der Waals surface area contributed by atoms with Gasteiger partial charge in [-0.3, -0.25) is 0 Å². The van der Waals surface area contributed by atoms with Crippen molar-refractivity contribution in [3.05, 3.63) is 46.5 Å². The Morgan fingerprint density at radius 2 is 2.08 bits per heavy atom. The Morgan fingerprint density at radius 3 is 2.67 bits per heavy atom. The Kier molecular flexibility index (Phi) is 3.19. The second-order valence-electron chi connectivity index (χ2n) is 2.67. The van der Waals surface area contributed by atoms with Crippen LogP contribution in [-0.4, -0.2) is 0 Å². The predicted molar refractivity (Wildman–Crippen MR) is 55.1 cm³/mol. The molecule has 12 heavy (non-hydrogen) atoms. The summed E-state index contributed by atoms with van der Waals surface area (Å²) in [6.45, 7) is 5.74. The minimum atomic E-state index is 0.246. The highest BCUT2D eigenvalue weighted by atomic mass is 35.5. The number of hydrogen-bond acceptors (Lipinski definition) is 0. The molecular formula is C10H10Cl2. The van der Waals surface area contributed by atoms with Gasteiger partial charge in [0, 0.05) is 5.92 Å². The normalized spacial score (nSPS) is 12.6. The van der Waals surface area contributed by atoms with Crippen LogP contribution in [0.4, 0.5) is 0 Å². The molecule has 0 radical (unpaired) electrons. The summed E-state index contributed by atoms with van der Waals surface area (Å²) in [5.74, 6) is 0.246. The highest BCUT2D eigenvalue weighted by Crippen LogP contribution is 2.30. The first-order valence-electron chi connectivity index (χ1n) is 3.73. The maximum absolute atomic E-state index is 5.99. The molecule has 0 amide bonds. The van der Waals surface area contributed by atoms with Gasteiger partial charge in [0.2, 0.25) is 0 Å². The second-order valence-corrected chi connectivity index (χ2v) is 3.45. The summed E-state index contributed by atoms with van der Waals surface area (Å²) in [5.41, 5.74) is 1.03. The molecule has 0 heterocycles. The minimum Gasteiger partial charge on any atom is -0.102 e. The molecule has 0 aliphatic carbocycles. The summed E-state index contributed by atoms with van der Waals surface area (Å²) in [6.07, 6.45) is 1.84. The summed E-state index contributed by atoms with van der Waals surface area (Å²) in [6, 6.07) is 5.63. The van der Waals surface area contributed by atoms with Gasteiger partial charge < -0.3 is 0 Å². The molecule has 64 valence electrons. The van der Waals surface area contributed by atoms with Gasteiger partial charge in [-0.1, -0.05) is 48.3 Å². The summed E-state index contributed by atoms with van der Waals surface area (Å²) < 4.78 is 0. The minimum absolute atomic E-state index is 0.246. The molecule has 1 aromatic carbocycles. The Labute approximate surface area is 82.8 Å². The van der Waals surface area contributed by atoms with Gasteiger partial charge in [-0.25, -0.2) is 0 Å². The van der Waals surface area contributed by atoms with Crippen LogP contribution in [0.5, 0.6) is 0 Å². The molecule has 1 aromatic rings. The monoisotopic (exact) mass is 200 g/mol. The molecule has 0 fully saturated rings. The zero-order valence-electron chi connectivity index (χ0n) is 6.85. The zero-order valence-corrected chi connectivity index (χ0v) is 8.36. The molecule has 0 spiro atoms. The Bertz CT molecular complexity index is 292. The molecule has 1 unspecified atom stereocenters. The molecule has 0 saturated heterocycles. The SMILES string of the molecule is C=CC(C)c1cccc(Cl)c1Cl. The van der Waals surface area contributed by atoms with E-state index in [1.807, 2.05) is 25.1 Å². The predicted octanol–water partition coefficient (Wildman–Crippen LogP) is 4.28. The van der Waals surface area contributed by atoms with Crippen LogP contribution >= 0.6 is 23.2 Å². The van der Waals surface area contributed by atoms with E-state index in [-0.39, 0.29) is 5.92 Å². The Balaban J connectivity index is 3.15. The van der Waals surface area contributed by atoms with E-state index in [1.165, 1.54) is 0 Å². The molecular weight excluding hydrogens is 191 g/mol. The Morgan fingerprint density at radius 1 is 1.42 bits per heavy atom. The molecule has 0 nitrogen and oxygen atoms in total. The number of halogens is 2. The highest BCUT2D eigenvalue weighted by Gasteiger charge is 2.07. The quantitative estimate of drug-likeness (QED) is 0.626. The van der Waals surface area contributed by atoms with Crippen molar-refractivity contribution in [2.24, 2.45) is 0 Å². The first-order chi connectivity index (χ1) is 5.66. The van der Waals surface area contributed by atoms with E-state index in [0.717, 1.165) is 5.56 Å². The van der Waals surface area contributed by atoms with Gasteiger partial charge in [-0.15, -0.1) is 6.58 Å². The first kappa shape index (κ1) is 9.63. The number of rotatable bonds is 2. The molecule has 2 heteroatoms. The van der Waals surface area contributed by atoms with E-state index in [1.54, 1.807) is 6.07 Å². The summed E-state index contributed by atoms with van der Waals surface area (Å²) in [4.78, 5) is 0. The van der Waals surface area contributed by atoms with Crippen molar-refractivity contribution >= 4 is 23.2 Å². The lowest BCUT2D eigenvalue weighted by atomic mass is 10.0. The first-order valence-corrected chi connectivity index (χ1v) is 4.49. The lowest BCUT2D eigenvalue weighted by Crippen LogP contribution is -1.89. The third kappa shape index (κ3) is 1.82. The molecule has 0 saturated carbocycles. The van der Waals surface area contributed by atoms with Crippen LogP contribution in [0.3, 0.4) is 0 Å². The van der Waals surface area contributed by atoms with Gasteiger partial charge in [0.25, 0.3) is 0 Å². The van der Waals surface area contributed by atoms with E-state index < -0.39 is 0 Å². The van der Waals surface area contributed by atoms with E-state index in [9.17, 15) is 0 Å². The van der Waals surface area contributed by atoms with Crippen molar-refractivity contribution < 1.29 is 0 Å². The lowest BCUT2D eigenvalue weighted by molar-refractivity contribution is 0.972. The topological polar surface area (TPSA) is 0 Å². The molecule has 0 N–H and O–H groups in total. The molecule has 1 atom stereocenters. The van der Waals surface area contributed by atoms with Gasteiger partial charge in [-0.2, -0.15) is 0 Å². The van der Waals surface area contributed by atoms with Gasteiger partial charge in [0.1, 0.15) is 0 Å². The molecule has 0 aromatic heterocycles. The largest absolute Gasteiger partial charge is 0.102 e. The third-order valence-corrected chi connectivity index (χ3v) is 2.66. The summed E-state index contributed by atoms with van der Waals surface area (Å²) in [5, 5.41) is 1.23. The van der Waals surface area contributed by atoms with Crippen molar-refractivity contribution in [1.29, 1.82) is 0 Å². The van der Waals surface area contributed by atoms with Crippen molar-refractivity contribution in [3.63, 3.8) is 0 Å². The molecule has 0 aliphatic heterocycles. The maximum atomic E-state index is 5.99. The van der Waals surface area contributed by atoms with Crippen LogP contribution < -0.4 is 0 Å². The van der Waals surface area contributed by atoms with Crippen LogP contribution in [0.1, 0.15) is 18.4 Å². The molecule has 0 aliphatic rings. The van der Waals surface area contributed by atoms with Gasteiger partial charge >= 0.3 is 0 Å². The fraction of sp³-hybridized carbons (Fsp3) is 0.200. The van der Waals surface area contributed by atoms with Crippen molar-refractivity contribution in [1.82, 2.24) is 0 Å². The fourth-order valence-corrected chi connectivity index (χ4v) is 1.48.